The van der Waals surface area contributed by atoms with E-state index in [0.29, 0.717) is 11.6 Å². The Kier molecular flexibility index (Phi) is 3.92. The van der Waals surface area contributed by atoms with Crippen LogP contribution in [0.1, 0.15) is 5.56 Å². The molecule has 0 radical (unpaired) electrons. The molecule has 0 bridgehead atoms. The number of nitrogens with two attached hydrogens (primary N) is 1. The van der Waals surface area contributed by atoms with E-state index in [0.717, 1.165) is 38.4 Å². The minimum atomic E-state index is 0.319. The molecule has 3 rings (SSSR count). The SMILES string of the molecule is Nc1ccc(N2CCN(Cc3ccc(O)cc3)CC2)cn1. The van der Waals surface area contributed by atoms with E-state index in [1.807, 2.05) is 30.5 Å². The fraction of sp³-hybridized carbons (Fsp3) is 0.312. The number of hydrogen-bond donors (Lipinski definition) is 2. The Labute approximate surface area is 124 Å². The molecule has 1 aromatic carbocycles. The number of pyridine rings is 1. The van der Waals surface area contributed by atoms with E-state index in [1.165, 1.54) is 5.56 Å². The highest BCUT2D eigenvalue weighted by Gasteiger charge is 2.17. The topological polar surface area (TPSA) is 65.6 Å². The second-order valence-corrected chi connectivity index (χ2v) is 5.37. The molecule has 3 N–H and O–H groups in total. The fourth-order valence-electron chi connectivity index (χ4n) is 2.61. The summed E-state index contributed by atoms with van der Waals surface area (Å²) in [5, 5.41) is 9.31. The van der Waals surface area contributed by atoms with Gasteiger partial charge in [0.25, 0.3) is 0 Å². The van der Waals surface area contributed by atoms with Gasteiger partial charge in [0.1, 0.15) is 11.6 Å². The van der Waals surface area contributed by atoms with Crippen molar-refractivity contribution < 1.29 is 5.11 Å². The minimum Gasteiger partial charge on any atom is -0.508 e. The van der Waals surface area contributed by atoms with Crippen molar-refractivity contribution in [3.63, 3.8) is 0 Å². The summed E-state index contributed by atoms with van der Waals surface area (Å²) in [6, 6.07) is 11.3. The van der Waals surface area contributed by atoms with Crippen LogP contribution in [-0.4, -0.2) is 41.2 Å². The van der Waals surface area contributed by atoms with Gasteiger partial charge >= 0.3 is 0 Å². The van der Waals surface area contributed by atoms with Crippen molar-refractivity contribution in [1.82, 2.24) is 9.88 Å². The van der Waals surface area contributed by atoms with Crippen LogP contribution in [-0.2, 0) is 6.54 Å². The molecule has 0 atom stereocenters. The van der Waals surface area contributed by atoms with Crippen molar-refractivity contribution in [2.24, 2.45) is 0 Å². The summed E-state index contributed by atoms with van der Waals surface area (Å²) in [6.07, 6.45) is 1.84. The highest BCUT2D eigenvalue weighted by molar-refractivity contribution is 5.48. The van der Waals surface area contributed by atoms with Crippen molar-refractivity contribution in [3.05, 3.63) is 48.2 Å². The van der Waals surface area contributed by atoms with Crippen molar-refractivity contribution >= 4 is 11.5 Å². The monoisotopic (exact) mass is 284 g/mol. The third kappa shape index (κ3) is 3.44. The first-order valence-electron chi connectivity index (χ1n) is 7.17. The Balaban J connectivity index is 1.55. The number of anilines is 2. The van der Waals surface area contributed by atoms with Gasteiger partial charge < -0.3 is 15.7 Å². The molecule has 1 aliphatic heterocycles. The van der Waals surface area contributed by atoms with Crippen molar-refractivity contribution in [3.8, 4) is 5.75 Å². The van der Waals surface area contributed by atoms with Crippen LogP contribution >= 0.6 is 0 Å². The molecule has 1 aliphatic rings. The Bertz CT molecular complexity index is 574. The van der Waals surface area contributed by atoms with Crippen LogP contribution in [0.5, 0.6) is 5.75 Å². The largest absolute Gasteiger partial charge is 0.508 e. The maximum atomic E-state index is 9.31. The van der Waals surface area contributed by atoms with E-state index in [-0.39, 0.29) is 0 Å². The number of nitrogens with zero attached hydrogens (tertiary/aromatic N) is 3. The van der Waals surface area contributed by atoms with Crippen molar-refractivity contribution in [2.75, 3.05) is 36.8 Å². The predicted octanol–water partition coefficient (Wildman–Crippen LogP) is 1.69. The number of piperazine rings is 1. The molecule has 1 aromatic heterocycles. The standard InChI is InChI=1S/C16H20N4O/c17-16-6-3-14(11-18-16)20-9-7-19(8-10-20)12-13-1-4-15(21)5-2-13/h1-6,11,21H,7-10,12H2,(H2,17,18). The second kappa shape index (κ2) is 6.01. The lowest BCUT2D eigenvalue weighted by molar-refractivity contribution is 0.250. The lowest BCUT2D eigenvalue weighted by atomic mass is 10.2. The highest BCUT2D eigenvalue weighted by Crippen LogP contribution is 2.18. The number of hydrogen-bond acceptors (Lipinski definition) is 5. The summed E-state index contributed by atoms with van der Waals surface area (Å²) < 4.78 is 0. The predicted molar refractivity (Wildman–Crippen MR) is 84.2 cm³/mol. The number of phenolic OH excluding ortho intramolecular Hbond substituents is 1. The average Bonchev–Trinajstić information content (AvgIpc) is 2.51. The first-order valence-corrected chi connectivity index (χ1v) is 7.17. The number of rotatable bonds is 3. The number of nitrogen functional groups attached to an aromatic ring is 1. The number of phenols is 1. The van der Waals surface area contributed by atoms with E-state index in [4.69, 9.17) is 5.73 Å². The van der Waals surface area contributed by atoms with Crippen LogP contribution < -0.4 is 10.6 Å². The number of aromatic hydroxyl groups is 1. The van der Waals surface area contributed by atoms with E-state index in [2.05, 4.69) is 14.8 Å². The molecule has 1 saturated heterocycles. The zero-order chi connectivity index (χ0) is 14.7. The van der Waals surface area contributed by atoms with Gasteiger partial charge in [-0.3, -0.25) is 4.90 Å². The van der Waals surface area contributed by atoms with E-state index < -0.39 is 0 Å². The quantitative estimate of drug-likeness (QED) is 0.898. The third-order valence-electron chi connectivity index (χ3n) is 3.85. The van der Waals surface area contributed by atoms with Gasteiger partial charge in [-0.2, -0.15) is 0 Å². The van der Waals surface area contributed by atoms with Crippen LogP contribution in [0.25, 0.3) is 0 Å². The smallest absolute Gasteiger partial charge is 0.123 e. The molecule has 0 amide bonds. The Morgan fingerprint density at radius 3 is 2.33 bits per heavy atom. The average molecular weight is 284 g/mol. The summed E-state index contributed by atoms with van der Waals surface area (Å²) in [5.41, 5.74) is 7.98. The third-order valence-corrected chi connectivity index (χ3v) is 3.85. The van der Waals surface area contributed by atoms with Gasteiger partial charge in [-0.25, -0.2) is 4.98 Å². The Morgan fingerprint density at radius 1 is 1.00 bits per heavy atom. The molecule has 2 heterocycles. The minimum absolute atomic E-state index is 0.319. The molecule has 0 aliphatic carbocycles. The lowest BCUT2D eigenvalue weighted by Crippen LogP contribution is -2.46. The van der Waals surface area contributed by atoms with Gasteiger partial charge in [-0.05, 0) is 29.8 Å². The van der Waals surface area contributed by atoms with Crippen LogP contribution in [0.2, 0.25) is 0 Å². The first kappa shape index (κ1) is 13.7. The number of aromatic nitrogens is 1. The molecule has 2 aromatic rings. The van der Waals surface area contributed by atoms with Crippen LogP contribution in [0.4, 0.5) is 11.5 Å². The van der Waals surface area contributed by atoms with E-state index in [1.54, 1.807) is 12.1 Å². The van der Waals surface area contributed by atoms with Gasteiger partial charge in [0, 0.05) is 32.7 Å². The van der Waals surface area contributed by atoms with E-state index in [9.17, 15) is 5.11 Å². The van der Waals surface area contributed by atoms with Gasteiger partial charge in [0.2, 0.25) is 0 Å². The van der Waals surface area contributed by atoms with Crippen molar-refractivity contribution in [1.29, 1.82) is 0 Å². The van der Waals surface area contributed by atoms with Crippen LogP contribution in [0, 0.1) is 0 Å². The zero-order valence-electron chi connectivity index (χ0n) is 11.9. The molecular weight excluding hydrogens is 264 g/mol. The number of benzene rings is 1. The molecule has 21 heavy (non-hydrogen) atoms. The lowest BCUT2D eigenvalue weighted by Gasteiger charge is -2.36. The Hall–Kier alpha value is -2.27. The van der Waals surface area contributed by atoms with Gasteiger partial charge in [0.15, 0.2) is 0 Å². The normalized spacial score (nSPS) is 16.1. The fourth-order valence-corrected chi connectivity index (χ4v) is 2.61. The molecule has 1 fully saturated rings. The molecule has 0 unspecified atom stereocenters. The summed E-state index contributed by atoms with van der Waals surface area (Å²) in [5.74, 6) is 0.879. The van der Waals surface area contributed by atoms with Crippen LogP contribution in [0.15, 0.2) is 42.6 Å². The molecular formula is C16H20N4O. The van der Waals surface area contributed by atoms with Gasteiger partial charge in [-0.1, -0.05) is 12.1 Å². The summed E-state index contributed by atoms with van der Waals surface area (Å²) in [7, 11) is 0. The Morgan fingerprint density at radius 2 is 1.71 bits per heavy atom. The molecule has 5 nitrogen and oxygen atoms in total. The maximum absolute atomic E-state index is 9.31. The molecule has 5 heteroatoms. The molecule has 110 valence electrons. The van der Waals surface area contributed by atoms with Gasteiger partial charge in [0.05, 0.1) is 11.9 Å². The zero-order valence-corrected chi connectivity index (χ0v) is 11.9. The second-order valence-electron chi connectivity index (χ2n) is 5.37. The van der Waals surface area contributed by atoms with E-state index >= 15 is 0 Å². The molecule has 0 saturated carbocycles. The van der Waals surface area contributed by atoms with Gasteiger partial charge in [-0.15, -0.1) is 0 Å². The molecule has 0 spiro atoms. The summed E-state index contributed by atoms with van der Waals surface area (Å²) in [4.78, 5) is 8.91. The first-order chi connectivity index (χ1) is 10.2. The van der Waals surface area contributed by atoms with Crippen LogP contribution in [0.3, 0.4) is 0 Å². The summed E-state index contributed by atoms with van der Waals surface area (Å²) >= 11 is 0. The highest BCUT2D eigenvalue weighted by atomic mass is 16.3. The maximum Gasteiger partial charge on any atom is 0.123 e. The summed E-state index contributed by atoms with van der Waals surface area (Å²) in [6.45, 7) is 4.94. The van der Waals surface area contributed by atoms with Crippen molar-refractivity contribution in [2.45, 2.75) is 6.54 Å².